The van der Waals surface area contributed by atoms with Crippen molar-refractivity contribution in [1.29, 1.82) is 0 Å². The van der Waals surface area contributed by atoms with Crippen molar-refractivity contribution >= 4 is 5.91 Å². The summed E-state index contributed by atoms with van der Waals surface area (Å²) in [6.07, 6.45) is 4.59. The molecule has 4 nitrogen and oxygen atoms in total. The van der Waals surface area contributed by atoms with Gasteiger partial charge in [-0.15, -0.1) is 0 Å². The third-order valence-corrected chi connectivity index (χ3v) is 2.87. The summed E-state index contributed by atoms with van der Waals surface area (Å²) >= 11 is 0. The molecule has 1 amide bonds. The first-order valence-electron chi connectivity index (χ1n) is 5.28. The topological polar surface area (TPSA) is 64.3 Å². The van der Waals surface area contributed by atoms with E-state index in [9.17, 15) is 4.79 Å². The average Bonchev–Trinajstić information content (AvgIpc) is 2.11. The van der Waals surface area contributed by atoms with E-state index in [-0.39, 0.29) is 12.5 Å². The van der Waals surface area contributed by atoms with E-state index >= 15 is 0 Å². The summed E-state index contributed by atoms with van der Waals surface area (Å²) < 4.78 is 4.92. The summed E-state index contributed by atoms with van der Waals surface area (Å²) in [4.78, 5) is 11.4. The molecule has 0 bridgehead atoms. The van der Waals surface area contributed by atoms with E-state index in [1.54, 1.807) is 0 Å². The van der Waals surface area contributed by atoms with Gasteiger partial charge in [-0.25, -0.2) is 0 Å². The fraction of sp³-hybridized carbons (Fsp3) is 0.900. The number of nitrogens with one attached hydrogen (secondary N) is 1. The predicted molar refractivity (Wildman–Crippen MR) is 54.8 cm³/mol. The van der Waals surface area contributed by atoms with Crippen molar-refractivity contribution < 1.29 is 9.53 Å². The minimum Gasteiger partial charge on any atom is -0.370 e. The van der Waals surface area contributed by atoms with Crippen molar-refractivity contribution in [1.82, 2.24) is 5.32 Å². The Bertz CT molecular complexity index is 177. The Morgan fingerprint density at radius 2 is 2.36 bits per heavy atom. The van der Waals surface area contributed by atoms with Gasteiger partial charge in [0.1, 0.15) is 6.10 Å². The molecule has 1 atom stereocenters. The molecule has 0 radical (unpaired) electrons. The van der Waals surface area contributed by atoms with Crippen LogP contribution in [0.15, 0.2) is 0 Å². The summed E-state index contributed by atoms with van der Waals surface area (Å²) in [5.74, 6) is 0.739. The molecule has 0 aliphatic heterocycles. The molecule has 0 aromatic carbocycles. The molecule has 14 heavy (non-hydrogen) atoms. The fourth-order valence-electron chi connectivity index (χ4n) is 1.61. The van der Waals surface area contributed by atoms with Crippen molar-refractivity contribution in [3.8, 4) is 0 Å². The summed E-state index contributed by atoms with van der Waals surface area (Å²) in [5, 5.41) is 2.84. The minimum absolute atomic E-state index is 0.0886. The lowest BCUT2D eigenvalue weighted by atomic mass is 9.83. The first-order valence-corrected chi connectivity index (χ1v) is 5.28. The molecule has 0 saturated heterocycles. The van der Waals surface area contributed by atoms with Crippen molar-refractivity contribution in [3.63, 3.8) is 0 Å². The molecule has 82 valence electrons. The second kappa shape index (κ2) is 5.98. The highest BCUT2D eigenvalue weighted by Gasteiger charge is 2.18. The Labute approximate surface area is 85.2 Å². The number of rotatable bonds is 6. The van der Waals surface area contributed by atoms with E-state index in [1.807, 2.05) is 0 Å². The van der Waals surface area contributed by atoms with Crippen LogP contribution in [0.2, 0.25) is 0 Å². The SMILES string of the molecule is COC(CN)C(=O)NCCC1CCC1. The van der Waals surface area contributed by atoms with E-state index in [0.717, 1.165) is 18.9 Å². The number of methoxy groups -OCH3 is 1. The normalized spacial score (nSPS) is 18.7. The third kappa shape index (κ3) is 3.27. The molecule has 0 spiro atoms. The number of carbonyl (C=O) groups is 1. The summed E-state index contributed by atoms with van der Waals surface area (Å²) in [5.41, 5.74) is 5.37. The molecular weight excluding hydrogens is 180 g/mol. The molecule has 3 N–H and O–H groups in total. The molecule has 1 rings (SSSR count). The number of ether oxygens (including phenoxy) is 1. The van der Waals surface area contributed by atoms with Crippen LogP contribution in [0.3, 0.4) is 0 Å². The fourth-order valence-corrected chi connectivity index (χ4v) is 1.61. The molecule has 0 heterocycles. The Hall–Kier alpha value is -0.610. The maximum Gasteiger partial charge on any atom is 0.250 e. The molecular formula is C10H20N2O2. The second-order valence-corrected chi connectivity index (χ2v) is 3.84. The zero-order valence-corrected chi connectivity index (χ0v) is 8.79. The van der Waals surface area contributed by atoms with Gasteiger partial charge >= 0.3 is 0 Å². The standard InChI is InChI=1S/C10H20N2O2/c1-14-9(7-11)10(13)12-6-5-8-3-2-4-8/h8-9H,2-7,11H2,1H3,(H,12,13). The number of nitrogens with two attached hydrogens (primary N) is 1. The zero-order valence-electron chi connectivity index (χ0n) is 8.79. The number of carbonyl (C=O) groups excluding carboxylic acids is 1. The van der Waals surface area contributed by atoms with Gasteiger partial charge in [0.05, 0.1) is 0 Å². The van der Waals surface area contributed by atoms with Gasteiger partial charge in [0.2, 0.25) is 5.91 Å². The quantitative estimate of drug-likeness (QED) is 0.646. The van der Waals surface area contributed by atoms with E-state index < -0.39 is 6.10 Å². The van der Waals surface area contributed by atoms with Crippen LogP contribution in [0.4, 0.5) is 0 Å². The summed E-state index contributed by atoms with van der Waals surface area (Å²) in [7, 11) is 1.50. The Morgan fingerprint density at radius 1 is 1.64 bits per heavy atom. The predicted octanol–water partition coefficient (Wildman–Crippen LogP) is 0.267. The first kappa shape index (κ1) is 11.5. The molecule has 1 fully saturated rings. The van der Waals surface area contributed by atoms with Crippen LogP contribution in [0, 0.1) is 5.92 Å². The maximum absolute atomic E-state index is 11.4. The smallest absolute Gasteiger partial charge is 0.250 e. The lowest BCUT2D eigenvalue weighted by Crippen LogP contribution is -2.41. The van der Waals surface area contributed by atoms with Gasteiger partial charge in [-0.05, 0) is 12.3 Å². The maximum atomic E-state index is 11.4. The van der Waals surface area contributed by atoms with E-state index in [4.69, 9.17) is 10.5 Å². The van der Waals surface area contributed by atoms with Crippen LogP contribution >= 0.6 is 0 Å². The largest absolute Gasteiger partial charge is 0.370 e. The number of hydrogen-bond donors (Lipinski definition) is 2. The molecule has 1 aliphatic carbocycles. The Balaban J connectivity index is 2.06. The van der Waals surface area contributed by atoms with Crippen LogP contribution < -0.4 is 11.1 Å². The average molecular weight is 200 g/mol. The number of hydrogen-bond acceptors (Lipinski definition) is 3. The van der Waals surface area contributed by atoms with Gasteiger partial charge in [0.15, 0.2) is 0 Å². The molecule has 0 aromatic heterocycles. The summed E-state index contributed by atoms with van der Waals surface area (Å²) in [6, 6.07) is 0. The van der Waals surface area contributed by atoms with Crippen LogP contribution in [-0.2, 0) is 9.53 Å². The van der Waals surface area contributed by atoms with Gasteiger partial charge in [-0.1, -0.05) is 19.3 Å². The van der Waals surface area contributed by atoms with Crippen LogP contribution in [-0.4, -0.2) is 32.2 Å². The van der Waals surface area contributed by atoms with Crippen molar-refractivity contribution in [2.24, 2.45) is 11.7 Å². The van der Waals surface area contributed by atoms with E-state index in [2.05, 4.69) is 5.32 Å². The van der Waals surface area contributed by atoms with Gasteiger partial charge < -0.3 is 15.8 Å². The highest BCUT2D eigenvalue weighted by molar-refractivity contribution is 5.80. The highest BCUT2D eigenvalue weighted by atomic mass is 16.5. The van der Waals surface area contributed by atoms with Gasteiger partial charge in [0, 0.05) is 20.2 Å². The molecule has 1 unspecified atom stereocenters. The van der Waals surface area contributed by atoms with Crippen LogP contribution in [0.5, 0.6) is 0 Å². The lowest BCUT2D eigenvalue weighted by Gasteiger charge is -2.25. The van der Waals surface area contributed by atoms with Gasteiger partial charge in [-0.3, -0.25) is 4.79 Å². The Kier molecular flexibility index (Phi) is 4.90. The minimum atomic E-state index is -0.489. The van der Waals surface area contributed by atoms with E-state index in [1.165, 1.54) is 26.4 Å². The molecule has 1 saturated carbocycles. The first-order chi connectivity index (χ1) is 6.77. The lowest BCUT2D eigenvalue weighted by molar-refractivity contribution is -0.130. The van der Waals surface area contributed by atoms with E-state index in [0.29, 0.717) is 0 Å². The second-order valence-electron chi connectivity index (χ2n) is 3.84. The van der Waals surface area contributed by atoms with Crippen LogP contribution in [0.25, 0.3) is 0 Å². The zero-order chi connectivity index (χ0) is 10.4. The molecule has 1 aliphatic rings. The third-order valence-electron chi connectivity index (χ3n) is 2.87. The van der Waals surface area contributed by atoms with Crippen molar-refractivity contribution in [3.05, 3.63) is 0 Å². The van der Waals surface area contributed by atoms with Crippen molar-refractivity contribution in [2.75, 3.05) is 20.2 Å². The highest BCUT2D eigenvalue weighted by Crippen LogP contribution is 2.28. The number of amides is 1. The monoisotopic (exact) mass is 200 g/mol. The summed E-state index contributed by atoms with van der Waals surface area (Å²) in [6.45, 7) is 0.995. The Morgan fingerprint density at radius 3 is 2.79 bits per heavy atom. The van der Waals surface area contributed by atoms with Gasteiger partial charge in [0.25, 0.3) is 0 Å². The van der Waals surface area contributed by atoms with Crippen LogP contribution in [0.1, 0.15) is 25.7 Å². The molecule has 0 aromatic rings. The van der Waals surface area contributed by atoms with Gasteiger partial charge in [-0.2, -0.15) is 0 Å². The van der Waals surface area contributed by atoms with Crippen molar-refractivity contribution in [2.45, 2.75) is 31.8 Å². The molecule has 4 heteroatoms.